The third-order valence-corrected chi connectivity index (χ3v) is 3.94. The molecule has 3 heteroatoms. The predicted octanol–water partition coefficient (Wildman–Crippen LogP) is 3.05. The fourth-order valence-corrected chi connectivity index (χ4v) is 2.67. The fourth-order valence-electron chi connectivity index (χ4n) is 2.67. The first-order chi connectivity index (χ1) is 8.66. The minimum Gasteiger partial charge on any atom is -0.478 e. The summed E-state index contributed by atoms with van der Waals surface area (Å²) in [5, 5.41) is 12.4. The largest absolute Gasteiger partial charge is 0.478 e. The van der Waals surface area contributed by atoms with Crippen molar-refractivity contribution in [1.82, 2.24) is 5.32 Å². The summed E-state index contributed by atoms with van der Waals surface area (Å²) in [7, 11) is 0. The van der Waals surface area contributed by atoms with Gasteiger partial charge in [-0.2, -0.15) is 0 Å². The zero-order chi connectivity index (χ0) is 13.0. The lowest BCUT2D eigenvalue weighted by molar-refractivity contribution is 0.0697. The summed E-state index contributed by atoms with van der Waals surface area (Å²) in [4.78, 5) is 10.7. The molecule has 0 aliphatic heterocycles. The lowest BCUT2D eigenvalue weighted by Gasteiger charge is -2.20. The van der Waals surface area contributed by atoms with Crippen LogP contribution in [-0.4, -0.2) is 17.1 Å². The predicted molar refractivity (Wildman–Crippen MR) is 71.7 cm³/mol. The first-order valence-corrected chi connectivity index (χ1v) is 6.72. The van der Waals surface area contributed by atoms with Crippen molar-refractivity contribution in [3.63, 3.8) is 0 Å². The molecular weight excluding hydrogens is 226 g/mol. The molecule has 3 nitrogen and oxygen atoms in total. The van der Waals surface area contributed by atoms with Crippen LogP contribution in [0, 0.1) is 5.92 Å². The second-order valence-electron chi connectivity index (χ2n) is 5.22. The van der Waals surface area contributed by atoms with E-state index in [-0.39, 0.29) is 0 Å². The highest BCUT2D eigenvalue weighted by Crippen LogP contribution is 2.27. The molecule has 1 aromatic carbocycles. The molecule has 1 fully saturated rings. The third kappa shape index (κ3) is 3.33. The Morgan fingerprint density at radius 3 is 2.50 bits per heavy atom. The van der Waals surface area contributed by atoms with Crippen LogP contribution in [0.2, 0.25) is 0 Å². The number of carbonyl (C=O) groups is 1. The first-order valence-electron chi connectivity index (χ1n) is 6.72. The van der Waals surface area contributed by atoms with Crippen molar-refractivity contribution >= 4 is 5.97 Å². The molecule has 0 saturated heterocycles. The number of benzene rings is 1. The Kier molecular flexibility index (Phi) is 4.37. The molecule has 0 heterocycles. The van der Waals surface area contributed by atoms with E-state index in [0.29, 0.717) is 11.6 Å². The van der Waals surface area contributed by atoms with Gasteiger partial charge in [0.05, 0.1) is 5.56 Å². The maximum atomic E-state index is 10.7. The van der Waals surface area contributed by atoms with Crippen molar-refractivity contribution in [1.29, 1.82) is 0 Å². The van der Waals surface area contributed by atoms with E-state index in [2.05, 4.69) is 12.2 Å². The molecule has 2 N–H and O–H groups in total. The molecule has 98 valence electrons. The van der Waals surface area contributed by atoms with Gasteiger partial charge in [0.25, 0.3) is 0 Å². The van der Waals surface area contributed by atoms with Crippen LogP contribution in [0.15, 0.2) is 24.3 Å². The van der Waals surface area contributed by atoms with Crippen LogP contribution in [0.25, 0.3) is 0 Å². The Hall–Kier alpha value is -1.35. The average Bonchev–Trinajstić information content (AvgIpc) is 2.90. The van der Waals surface area contributed by atoms with E-state index in [9.17, 15) is 4.79 Å². The van der Waals surface area contributed by atoms with Crippen molar-refractivity contribution < 1.29 is 9.90 Å². The maximum Gasteiger partial charge on any atom is 0.335 e. The van der Waals surface area contributed by atoms with Crippen LogP contribution in [0.3, 0.4) is 0 Å². The van der Waals surface area contributed by atoms with Gasteiger partial charge in [-0.05, 0) is 43.4 Å². The lowest BCUT2D eigenvalue weighted by Crippen LogP contribution is -2.31. The maximum absolute atomic E-state index is 10.7. The summed E-state index contributed by atoms with van der Waals surface area (Å²) in [5.74, 6) is -0.0582. The van der Waals surface area contributed by atoms with Crippen molar-refractivity contribution in [2.75, 3.05) is 0 Å². The number of aromatic carboxylic acids is 1. The minimum absolute atomic E-state index is 0.350. The second-order valence-corrected chi connectivity index (χ2v) is 5.22. The SMILES string of the molecule is C[C@@H](NCc1ccc(C(=O)O)cc1)C1CCCC1. The minimum atomic E-state index is -0.867. The molecule has 1 aromatic rings. The molecule has 0 unspecified atom stereocenters. The van der Waals surface area contributed by atoms with Crippen molar-refractivity contribution in [2.45, 2.75) is 45.2 Å². The van der Waals surface area contributed by atoms with Gasteiger partial charge in [-0.25, -0.2) is 4.79 Å². The second kappa shape index (κ2) is 6.01. The zero-order valence-electron chi connectivity index (χ0n) is 10.9. The highest BCUT2D eigenvalue weighted by atomic mass is 16.4. The molecule has 0 radical (unpaired) electrons. The van der Waals surface area contributed by atoms with Gasteiger partial charge in [-0.1, -0.05) is 25.0 Å². The van der Waals surface area contributed by atoms with Crippen molar-refractivity contribution in [2.24, 2.45) is 5.92 Å². The summed E-state index contributed by atoms with van der Waals surface area (Å²) in [5.41, 5.74) is 1.49. The summed E-state index contributed by atoms with van der Waals surface area (Å²) in [6.07, 6.45) is 5.41. The number of rotatable bonds is 5. The van der Waals surface area contributed by atoms with E-state index in [0.717, 1.165) is 18.0 Å². The molecule has 0 aromatic heterocycles. The standard InChI is InChI=1S/C15H21NO2/c1-11(13-4-2-3-5-13)16-10-12-6-8-14(9-7-12)15(17)18/h6-9,11,13,16H,2-5,10H2,1H3,(H,17,18)/t11-/m1/s1. The molecule has 0 amide bonds. The quantitative estimate of drug-likeness (QED) is 0.840. The highest BCUT2D eigenvalue weighted by molar-refractivity contribution is 5.87. The van der Waals surface area contributed by atoms with E-state index >= 15 is 0 Å². The summed E-state index contributed by atoms with van der Waals surface area (Å²) >= 11 is 0. The van der Waals surface area contributed by atoms with Crippen molar-refractivity contribution in [3.8, 4) is 0 Å². The Morgan fingerprint density at radius 1 is 1.33 bits per heavy atom. The van der Waals surface area contributed by atoms with Crippen LogP contribution in [0.1, 0.15) is 48.5 Å². The molecule has 18 heavy (non-hydrogen) atoms. The molecule has 0 spiro atoms. The normalized spacial score (nSPS) is 17.8. The molecule has 0 bridgehead atoms. The Labute approximate surface area is 108 Å². The number of hydrogen-bond acceptors (Lipinski definition) is 2. The number of nitrogens with one attached hydrogen (secondary N) is 1. The third-order valence-electron chi connectivity index (χ3n) is 3.94. The molecule has 1 aliphatic rings. The van der Waals surface area contributed by atoms with Crippen LogP contribution in [-0.2, 0) is 6.54 Å². The highest BCUT2D eigenvalue weighted by Gasteiger charge is 2.20. The van der Waals surface area contributed by atoms with Gasteiger partial charge in [-0.3, -0.25) is 0 Å². The average molecular weight is 247 g/mol. The first kappa shape index (κ1) is 13.1. The van der Waals surface area contributed by atoms with E-state index < -0.39 is 5.97 Å². The number of hydrogen-bond donors (Lipinski definition) is 2. The van der Waals surface area contributed by atoms with Crippen LogP contribution in [0.4, 0.5) is 0 Å². The van der Waals surface area contributed by atoms with Crippen LogP contribution >= 0.6 is 0 Å². The molecule has 1 aliphatic carbocycles. The van der Waals surface area contributed by atoms with E-state index in [1.807, 2.05) is 12.1 Å². The topological polar surface area (TPSA) is 49.3 Å². The van der Waals surface area contributed by atoms with Gasteiger partial charge in [0.2, 0.25) is 0 Å². The Bertz CT molecular complexity index is 393. The molecular formula is C15H21NO2. The number of carboxylic acid groups (broad SMARTS) is 1. The lowest BCUT2D eigenvalue weighted by atomic mass is 9.99. The zero-order valence-corrected chi connectivity index (χ0v) is 10.9. The summed E-state index contributed by atoms with van der Waals surface area (Å²) < 4.78 is 0. The number of carboxylic acids is 1. The van der Waals surface area contributed by atoms with Crippen LogP contribution < -0.4 is 5.32 Å². The van der Waals surface area contributed by atoms with Gasteiger partial charge in [0, 0.05) is 12.6 Å². The van der Waals surface area contributed by atoms with Gasteiger partial charge in [-0.15, -0.1) is 0 Å². The van der Waals surface area contributed by atoms with Gasteiger partial charge in [0.15, 0.2) is 0 Å². The molecule has 2 rings (SSSR count). The van der Waals surface area contributed by atoms with E-state index in [1.54, 1.807) is 12.1 Å². The Balaban J connectivity index is 1.84. The monoisotopic (exact) mass is 247 g/mol. The fraction of sp³-hybridized carbons (Fsp3) is 0.533. The van der Waals surface area contributed by atoms with E-state index in [1.165, 1.54) is 25.7 Å². The summed E-state index contributed by atoms with van der Waals surface area (Å²) in [6, 6.07) is 7.65. The Morgan fingerprint density at radius 2 is 1.94 bits per heavy atom. The van der Waals surface area contributed by atoms with Crippen molar-refractivity contribution in [3.05, 3.63) is 35.4 Å². The van der Waals surface area contributed by atoms with Crippen LogP contribution in [0.5, 0.6) is 0 Å². The smallest absolute Gasteiger partial charge is 0.335 e. The van der Waals surface area contributed by atoms with E-state index in [4.69, 9.17) is 5.11 Å². The van der Waals surface area contributed by atoms with Gasteiger partial charge < -0.3 is 10.4 Å². The molecule has 1 atom stereocenters. The molecule has 1 saturated carbocycles. The van der Waals surface area contributed by atoms with Gasteiger partial charge >= 0.3 is 5.97 Å². The van der Waals surface area contributed by atoms with Gasteiger partial charge in [0.1, 0.15) is 0 Å². The summed E-state index contributed by atoms with van der Waals surface area (Å²) in [6.45, 7) is 3.07.